The van der Waals surface area contributed by atoms with Crippen molar-refractivity contribution in [1.82, 2.24) is 14.7 Å². The highest BCUT2D eigenvalue weighted by molar-refractivity contribution is 5.95. The quantitative estimate of drug-likeness (QED) is 0.730. The van der Waals surface area contributed by atoms with E-state index in [9.17, 15) is 4.79 Å². The molecular formula is C10H17N5O. The van der Waals surface area contributed by atoms with Gasteiger partial charge < -0.3 is 16.4 Å². The number of nitrogen functional groups attached to an aromatic ring is 1. The molecular weight excluding hydrogens is 206 g/mol. The number of carbonyl (C=O) groups excluding carboxylic acids is 1. The minimum Gasteiger partial charge on any atom is -0.396 e. The van der Waals surface area contributed by atoms with Crippen molar-refractivity contribution in [2.45, 2.75) is 19.4 Å². The third kappa shape index (κ3) is 2.33. The van der Waals surface area contributed by atoms with Gasteiger partial charge in [-0.1, -0.05) is 0 Å². The van der Waals surface area contributed by atoms with E-state index >= 15 is 0 Å². The standard InChI is InChI=1S/C10H17N5O/c11-8-7-15(13-9(8)10(12)16)6-5-14-3-1-2-4-14/h7H,1-6,11H2,(H2,12,16). The summed E-state index contributed by atoms with van der Waals surface area (Å²) in [4.78, 5) is 13.3. The van der Waals surface area contributed by atoms with Gasteiger partial charge in [0, 0.05) is 12.7 Å². The van der Waals surface area contributed by atoms with Gasteiger partial charge in [0.25, 0.3) is 5.91 Å². The van der Waals surface area contributed by atoms with Crippen LogP contribution in [0, 0.1) is 0 Å². The van der Waals surface area contributed by atoms with Gasteiger partial charge in [0.05, 0.1) is 12.2 Å². The zero-order valence-electron chi connectivity index (χ0n) is 9.22. The van der Waals surface area contributed by atoms with Crippen LogP contribution >= 0.6 is 0 Å². The van der Waals surface area contributed by atoms with Gasteiger partial charge in [-0.25, -0.2) is 0 Å². The Labute approximate surface area is 94.2 Å². The van der Waals surface area contributed by atoms with Crippen LogP contribution < -0.4 is 11.5 Å². The van der Waals surface area contributed by atoms with E-state index in [1.54, 1.807) is 10.9 Å². The van der Waals surface area contributed by atoms with E-state index in [2.05, 4.69) is 10.00 Å². The molecule has 1 aliphatic heterocycles. The Morgan fingerprint density at radius 3 is 2.62 bits per heavy atom. The average Bonchev–Trinajstić information content (AvgIpc) is 2.83. The zero-order chi connectivity index (χ0) is 11.5. The number of nitrogens with two attached hydrogens (primary N) is 2. The molecule has 0 aromatic carbocycles. The van der Waals surface area contributed by atoms with Gasteiger partial charge in [-0.3, -0.25) is 9.48 Å². The van der Waals surface area contributed by atoms with Crippen molar-refractivity contribution in [3.8, 4) is 0 Å². The van der Waals surface area contributed by atoms with E-state index in [1.807, 2.05) is 0 Å². The number of rotatable bonds is 4. The molecule has 1 aliphatic rings. The number of carbonyl (C=O) groups is 1. The van der Waals surface area contributed by atoms with Crippen LogP contribution in [-0.4, -0.2) is 40.2 Å². The maximum absolute atomic E-state index is 11.0. The van der Waals surface area contributed by atoms with Gasteiger partial charge in [-0.05, 0) is 25.9 Å². The Kier molecular flexibility index (Phi) is 3.09. The molecule has 2 rings (SSSR count). The first-order valence-electron chi connectivity index (χ1n) is 5.52. The minimum absolute atomic E-state index is 0.168. The molecule has 16 heavy (non-hydrogen) atoms. The van der Waals surface area contributed by atoms with E-state index in [0.717, 1.165) is 26.2 Å². The fraction of sp³-hybridized carbons (Fsp3) is 0.600. The van der Waals surface area contributed by atoms with Crippen LogP contribution in [0.1, 0.15) is 23.3 Å². The molecule has 88 valence electrons. The second-order valence-corrected chi connectivity index (χ2v) is 4.11. The lowest BCUT2D eigenvalue weighted by molar-refractivity contribution is 0.0995. The number of nitrogens with zero attached hydrogens (tertiary/aromatic N) is 3. The fourth-order valence-corrected chi connectivity index (χ4v) is 1.99. The molecule has 1 fully saturated rings. The molecule has 1 aromatic rings. The average molecular weight is 223 g/mol. The monoisotopic (exact) mass is 223 g/mol. The second kappa shape index (κ2) is 4.52. The highest BCUT2D eigenvalue weighted by atomic mass is 16.1. The zero-order valence-corrected chi connectivity index (χ0v) is 9.22. The Balaban J connectivity index is 1.94. The molecule has 0 saturated carbocycles. The lowest BCUT2D eigenvalue weighted by atomic mass is 10.4. The number of likely N-dealkylation sites (tertiary alicyclic amines) is 1. The van der Waals surface area contributed by atoms with Crippen molar-refractivity contribution in [2.75, 3.05) is 25.4 Å². The fourth-order valence-electron chi connectivity index (χ4n) is 1.99. The van der Waals surface area contributed by atoms with Crippen molar-refractivity contribution in [3.05, 3.63) is 11.9 Å². The van der Waals surface area contributed by atoms with E-state index in [0.29, 0.717) is 5.69 Å². The number of hydrogen-bond donors (Lipinski definition) is 2. The summed E-state index contributed by atoms with van der Waals surface area (Å²) in [6, 6.07) is 0. The highest BCUT2D eigenvalue weighted by Gasteiger charge is 2.13. The number of amides is 1. The van der Waals surface area contributed by atoms with Gasteiger partial charge >= 0.3 is 0 Å². The maximum atomic E-state index is 11.0. The normalized spacial score (nSPS) is 16.8. The lowest BCUT2D eigenvalue weighted by Gasteiger charge is -2.13. The number of primary amides is 1. The first-order valence-corrected chi connectivity index (χ1v) is 5.52. The smallest absolute Gasteiger partial charge is 0.271 e. The van der Waals surface area contributed by atoms with Crippen molar-refractivity contribution in [1.29, 1.82) is 0 Å². The predicted octanol–water partition coefficient (Wildman–Crippen LogP) is -0.340. The summed E-state index contributed by atoms with van der Waals surface area (Å²) >= 11 is 0. The van der Waals surface area contributed by atoms with Gasteiger partial charge in [0.15, 0.2) is 5.69 Å². The molecule has 1 aromatic heterocycles. The van der Waals surface area contributed by atoms with Crippen molar-refractivity contribution < 1.29 is 4.79 Å². The van der Waals surface area contributed by atoms with Crippen molar-refractivity contribution in [2.24, 2.45) is 5.73 Å². The summed E-state index contributed by atoms with van der Waals surface area (Å²) in [6.07, 6.45) is 4.21. The van der Waals surface area contributed by atoms with Crippen LogP contribution in [0.15, 0.2) is 6.20 Å². The molecule has 0 spiro atoms. The maximum Gasteiger partial charge on any atom is 0.271 e. The summed E-state index contributed by atoms with van der Waals surface area (Å²) in [5.41, 5.74) is 11.3. The molecule has 0 bridgehead atoms. The van der Waals surface area contributed by atoms with E-state index in [-0.39, 0.29) is 5.69 Å². The number of anilines is 1. The molecule has 0 unspecified atom stereocenters. The van der Waals surface area contributed by atoms with Gasteiger partial charge in [0.1, 0.15) is 0 Å². The lowest BCUT2D eigenvalue weighted by Crippen LogP contribution is -2.24. The van der Waals surface area contributed by atoms with E-state index < -0.39 is 5.91 Å². The summed E-state index contributed by atoms with van der Waals surface area (Å²) in [6.45, 7) is 4.00. The molecule has 6 nitrogen and oxygen atoms in total. The van der Waals surface area contributed by atoms with E-state index in [1.165, 1.54) is 12.8 Å². The SMILES string of the molecule is NC(=O)c1nn(CCN2CCCC2)cc1N. The predicted molar refractivity (Wildman–Crippen MR) is 60.8 cm³/mol. The second-order valence-electron chi connectivity index (χ2n) is 4.11. The topological polar surface area (TPSA) is 90.2 Å². The summed E-state index contributed by atoms with van der Waals surface area (Å²) < 4.78 is 1.69. The van der Waals surface area contributed by atoms with E-state index in [4.69, 9.17) is 11.5 Å². The first-order chi connectivity index (χ1) is 7.66. The van der Waals surface area contributed by atoms with Gasteiger partial charge in [0.2, 0.25) is 0 Å². The Bertz CT molecular complexity index is 381. The first kappa shape index (κ1) is 10.9. The molecule has 0 atom stereocenters. The molecule has 0 radical (unpaired) electrons. The largest absolute Gasteiger partial charge is 0.396 e. The molecule has 2 heterocycles. The van der Waals surface area contributed by atoms with Gasteiger partial charge in [-0.2, -0.15) is 5.10 Å². The summed E-state index contributed by atoms with van der Waals surface area (Å²) in [7, 11) is 0. The third-order valence-corrected chi connectivity index (χ3v) is 2.87. The van der Waals surface area contributed by atoms with Crippen molar-refractivity contribution in [3.63, 3.8) is 0 Å². The minimum atomic E-state index is -0.572. The van der Waals surface area contributed by atoms with Gasteiger partial charge in [-0.15, -0.1) is 0 Å². The summed E-state index contributed by atoms with van der Waals surface area (Å²) in [5, 5.41) is 4.06. The molecule has 4 N–H and O–H groups in total. The van der Waals surface area contributed by atoms with Crippen molar-refractivity contribution >= 4 is 11.6 Å². The summed E-state index contributed by atoms with van der Waals surface area (Å²) in [5.74, 6) is -0.572. The van der Waals surface area contributed by atoms with Crippen LogP contribution in [0.2, 0.25) is 0 Å². The third-order valence-electron chi connectivity index (χ3n) is 2.87. The Morgan fingerprint density at radius 2 is 2.06 bits per heavy atom. The Morgan fingerprint density at radius 1 is 1.38 bits per heavy atom. The molecule has 0 aliphatic carbocycles. The Hall–Kier alpha value is -1.56. The molecule has 1 amide bonds. The van der Waals surface area contributed by atoms with Crippen LogP contribution in [-0.2, 0) is 6.54 Å². The van der Waals surface area contributed by atoms with Crippen LogP contribution in [0.4, 0.5) is 5.69 Å². The van der Waals surface area contributed by atoms with Crippen LogP contribution in [0.25, 0.3) is 0 Å². The molecule has 1 saturated heterocycles. The van der Waals surface area contributed by atoms with Crippen LogP contribution in [0.5, 0.6) is 0 Å². The highest BCUT2D eigenvalue weighted by Crippen LogP contribution is 2.10. The molecule has 6 heteroatoms. The number of aromatic nitrogens is 2. The number of hydrogen-bond acceptors (Lipinski definition) is 4. The van der Waals surface area contributed by atoms with Crippen LogP contribution in [0.3, 0.4) is 0 Å².